The lowest BCUT2D eigenvalue weighted by Crippen LogP contribution is -2.38. The van der Waals surface area contributed by atoms with E-state index in [9.17, 15) is 9.46 Å². The van der Waals surface area contributed by atoms with Gasteiger partial charge in [-0.2, -0.15) is 0 Å². The minimum atomic E-state index is -4.88. The third-order valence-corrected chi connectivity index (χ3v) is 5.61. The minimum Gasteiger partial charge on any atom is -0.756 e. The Morgan fingerprint density at radius 3 is 2.46 bits per heavy atom. The van der Waals surface area contributed by atoms with Gasteiger partial charge in [-0.3, -0.25) is 14.8 Å². The first-order valence-corrected chi connectivity index (χ1v) is 12.1. The molecule has 0 spiro atoms. The van der Waals surface area contributed by atoms with Gasteiger partial charge in [-0.15, -0.1) is 0 Å². The van der Waals surface area contributed by atoms with E-state index in [1.807, 2.05) is 48.5 Å². The van der Waals surface area contributed by atoms with Gasteiger partial charge in [-0.25, -0.2) is 4.57 Å². The summed E-state index contributed by atoms with van der Waals surface area (Å²) in [5.41, 5.74) is 9.36. The Labute approximate surface area is 201 Å². The molecule has 35 heavy (non-hydrogen) atoms. The number of phosphoric ester groups is 1. The molecule has 10 nitrogen and oxygen atoms in total. The lowest BCUT2D eigenvalue weighted by molar-refractivity contribution is -0.712. The number of pyridine rings is 1. The molecule has 0 radical (unpaired) electrons. The SMILES string of the molecule is COc1ccc(COc2ccc(Cc3cc(-c4ccc[n+](COP(=O)([O-])O)c4N)on3)cc2)cc1. The van der Waals surface area contributed by atoms with Gasteiger partial charge >= 0.3 is 0 Å². The zero-order chi connectivity index (χ0) is 24.8. The minimum absolute atomic E-state index is 0.196. The molecule has 0 saturated carbocycles. The van der Waals surface area contributed by atoms with Crippen LogP contribution in [0.25, 0.3) is 11.3 Å². The van der Waals surface area contributed by atoms with Crippen LogP contribution in [0.15, 0.2) is 77.4 Å². The molecular weight excluding hydrogens is 473 g/mol. The number of anilines is 1. The fourth-order valence-corrected chi connectivity index (χ4v) is 3.61. The summed E-state index contributed by atoms with van der Waals surface area (Å²) >= 11 is 0. The number of aromatic nitrogens is 2. The zero-order valence-corrected chi connectivity index (χ0v) is 19.8. The first-order chi connectivity index (χ1) is 16.8. The Morgan fingerprint density at radius 2 is 1.77 bits per heavy atom. The maximum Gasteiger partial charge on any atom is 0.285 e. The zero-order valence-electron chi connectivity index (χ0n) is 18.9. The summed E-state index contributed by atoms with van der Waals surface area (Å²) in [4.78, 5) is 19.7. The lowest BCUT2D eigenvalue weighted by Gasteiger charge is -2.14. The fraction of sp³-hybridized carbons (Fsp3) is 0.167. The van der Waals surface area contributed by atoms with E-state index in [4.69, 9.17) is 24.6 Å². The molecule has 4 aromatic rings. The summed E-state index contributed by atoms with van der Waals surface area (Å²) < 4.78 is 33.0. The smallest absolute Gasteiger partial charge is 0.285 e. The van der Waals surface area contributed by atoms with E-state index in [0.717, 1.165) is 22.6 Å². The molecule has 11 heteroatoms. The predicted molar refractivity (Wildman–Crippen MR) is 124 cm³/mol. The molecule has 0 saturated heterocycles. The van der Waals surface area contributed by atoms with Gasteiger partial charge in [0.1, 0.15) is 23.7 Å². The van der Waals surface area contributed by atoms with Crippen molar-refractivity contribution in [1.82, 2.24) is 5.16 Å². The lowest BCUT2D eigenvalue weighted by atomic mass is 10.1. The van der Waals surface area contributed by atoms with E-state index < -0.39 is 14.6 Å². The monoisotopic (exact) mass is 497 g/mol. The first kappa shape index (κ1) is 24.4. The first-order valence-electron chi connectivity index (χ1n) is 10.6. The number of hydrogen-bond acceptors (Lipinski definition) is 8. The van der Waals surface area contributed by atoms with Crippen molar-refractivity contribution in [3.63, 3.8) is 0 Å². The van der Waals surface area contributed by atoms with Crippen molar-refractivity contribution in [2.75, 3.05) is 12.8 Å². The van der Waals surface area contributed by atoms with Crippen LogP contribution in [0.3, 0.4) is 0 Å². The average molecular weight is 497 g/mol. The van der Waals surface area contributed by atoms with Crippen molar-refractivity contribution in [3.8, 4) is 22.8 Å². The van der Waals surface area contributed by atoms with E-state index in [1.54, 1.807) is 25.3 Å². The Morgan fingerprint density at radius 1 is 1.09 bits per heavy atom. The molecule has 182 valence electrons. The van der Waals surface area contributed by atoms with Gasteiger partial charge in [0.25, 0.3) is 13.6 Å². The number of nitrogens with two attached hydrogens (primary N) is 1. The quantitative estimate of drug-likeness (QED) is 0.250. The number of rotatable bonds is 10. The Kier molecular flexibility index (Phi) is 7.48. The Bertz CT molecular complexity index is 1320. The van der Waals surface area contributed by atoms with E-state index in [-0.39, 0.29) is 5.82 Å². The molecule has 3 N–H and O–H groups in total. The highest BCUT2D eigenvalue weighted by atomic mass is 31.2. The normalized spacial score (nSPS) is 12.8. The van der Waals surface area contributed by atoms with Crippen LogP contribution in [0.5, 0.6) is 11.5 Å². The maximum atomic E-state index is 10.9. The highest BCUT2D eigenvalue weighted by molar-refractivity contribution is 7.44. The molecule has 1 atom stereocenters. The summed E-state index contributed by atoms with van der Waals surface area (Å²) in [7, 11) is -3.25. The molecular formula is C24H24N3O7P. The van der Waals surface area contributed by atoms with Gasteiger partial charge in [0, 0.05) is 12.5 Å². The Hall–Kier alpha value is -3.69. The van der Waals surface area contributed by atoms with Gasteiger partial charge in [0.05, 0.1) is 19.0 Å². The number of methoxy groups -OCH3 is 1. The van der Waals surface area contributed by atoms with Crippen molar-refractivity contribution in [3.05, 3.63) is 89.7 Å². The van der Waals surface area contributed by atoms with Crippen LogP contribution in [0, 0.1) is 0 Å². The molecule has 0 aliphatic carbocycles. The molecule has 2 heterocycles. The molecule has 0 bridgehead atoms. The number of nitrogen functional groups attached to an aromatic ring is 1. The van der Waals surface area contributed by atoms with E-state index in [0.29, 0.717) is 30.0 Å². The second kappa shape index (κ2) is 10.7. The third kappa shape index (κ3) is 6.68. The standard InChI is InChI=1S/C24H24N3O7P/c1-31-20-8-6-18(7-9-20)15-32-21-10-4-17(5-11-21)13-19-14-23(34-26-19)22-3-2-12-27(24(22)25)16-33-35(28,29)30/h2-12,14,25H,13,15-16H2,1H3,(H2,28,29,30). The highest BCUT2D eigenvalue weighted by Gasteiger charge is 2.18. The summed E-state index contributed by atoms with van der Waals surface area (Å²) in [6.45, 7) is -0.0188. The molecule has 0 fully saturated rings. The molecule has 2 aromatic carbocycles. The second-order valence-electron chi connectivity index (χ2n) is 7.64. The van der Waals surface area contributed by atoms with Crippen LogP contribution in [0.2, 0.25) is 0 Å². The molecule has 2 aromatic heterocycles. The van der Waals surface area contributed by atoms with E-state index >= 15 is 0 Å². The summed E-state index contributed by atoms with van der Waals surface area (Å²) in [5, 5.41) is 4.11. The van der Waals surface area contributed by atoms with Crippen molar-refractivity contribution >= 4 is 13.6 Å². The van der Waals surface area contributed by atoms with Gasteiger partial charge in [-0.05, 0) is 47.5 Å². The molecule has 1 unspecified atom stereocenters. The van der Waals surface area contributed by atoms with Gasteiger partial charge in [-0.1, -0.05) is 29.4 Å². The number of ether oxygens (including phenoxy) is 2. The maximum absolute atomic E-state index is 10.9. The second-order valence-corrected chi connectivity index (χ2v) is 8.84. The van der Waals surface area contributed by atoms with Crippen LogP contribution >= 0.6 is 7.82 Å². The van der Waals surface area contributed by atoms with Crippen LogP contribution in [-0.4, -0.2) is 17.2 Å². The highest BCUT2D eigenvalue weighted by Crippen LogP contribution is 2.30. The van der Waals surface area contributed by atoms with Crippen molar-refractivity contribution in [2.45, 2.75) is 19.8 Å². The average Bonchev–Trinajstić information content (AvgIpc) is 3.31. The number of phosphoric acid groups is 1. The molecule has 4 rings (SSSR count). The number of nitrogens with zero attached hydrogens (tertiary/aromatic N) is 2. The summed E-state index contributed by atoms with van der Waals surface area (Å²) in [6.07, 6.45) is 2.05. The summed E-state index contributed by atoms with van der Waals surface area (Å²) in [5.74, 6) is 2.16. The Balaban J connectivity index is 1.37. The van der Waals surface area contributed by atoms with Gasteiger partial charge in [0.2, 0.25) is 0 Å². The predicted octanol–water partition coefficient (Wildman–Crippen LogP) is 2.82. The molecule has 0 amide bonds. The van der Waals surface area contributed by atoms with Crippen LogP contribution < -0.4 is 24.7 Å². The van der Waals surface area contributed by atoms with Gasteiger partial charge < -0.3 is 23.8 Å². The van der Waals surface area contributed by atoms with Crippen molar-refractivity contribution < 1.29 is 37.4 Å². The molecule has 0 aliphatic rings. The third-order valence-electron chi connectivity index (χ3n) is 5.17. The number of hydrogen-bond donors (Lipinski definition) is 2. The van der Waals surface area contributed by atoms with E-state index in [1.165, 1.54) is 10.8 Å². The van der Waals surface area contributed by atoms with Crippen LogP contribution in [0.1, 0.15) is 16.8 Å². The van der Waals surface area contributed by atoms with Crippen molar-refractivity contribution in [1.29, 1.82) is 0 Å². The van der Waals surface area contributed by atoms with Crippen molar-refractivity contribution in [2.24, 2.45) is 0 Å². The number of benzene rings is 2. The van der Waals surface area contributed by atoms with Crippen LogP contribution in [-0.2, 0) is 28.8 Å². The van der Waals surface area contributed by atoms with E-state index in [2.05, 4.69) is 9.68 Å². The van der Waals surface area contributed by atoms with Crippen LogP contribution in [0.4, 0.5) is 5.82 Å². The fourth-order valence-electron chi connectivity index (χ4n) is 3.34. The molecule has 0 aliphatic heterocycles. The summed E-state index contributed by atoms with van der Waals surface area (Å²) in [6, 6.07) is 20.5. The topological polar surface area (TPSA) is 144 Å². The van der Waals surface area contributed by atoms with Gasteiger partial charge in [0.15, 0.2) is 12.5 Å². The largest absolute Gasteiger partial charge is 0.756 e.